The molecule has 0 spiro atoms. The maximum Gasteiger partial charge on any atom is 0.269 e. The number of halogens is 1. The molecule has 2 aliphatic rings. The molecule has 0 aromatic heterocycles. The van der Waals surface area contributed by atoms with Crippen molar-refractivity contribution < 1.29 is 4.79 Å². The number of carbonyl (C=O) groups excluding carboxylic acids is 1. The first-order valence-corrected chi connectivity index (χ1v) is 12.2. The number of amidine groups is 1. The quantitative estimate of drug-likeness (QED) is 0.462. The second kappa shape index (κ2) is 9.08. The van der Waals surface area contributed by atoms with Gasteiger partial charge in [0.05, 0.1) is 11.4 Å². The Hall–Kier alpha value is -1.89. The van der Waals surface area contributed by atoms with Gasteiger partial charge in [-0.2, -0.15) is 0 Å². The topological polar surface area (TPSA) is 35.9 Å². The average molecular weight is 458 g/mol. The Balaban J connectivity index is 1.76. The van der Waals surface area contributed by atoms with Crippen LogP contribution in [0.1, 0.15) is 32.3 Å². The Labute approximate surface area is 191 Å². The van der Waals surface area contributed by atoms with Crippen LogP contribution in [-0.2, 0) is 4.79 Å². The molecule has 0 radical (unpaired) electrons. The van der Waals surface area contributed by atoms with Gasteiger partial charge in [-0.3, -0.25) is 9.69 Å². The van der Waals surface area contributed by atoms with Gasteiger partial charge in [0.25, 0.3) is 5.91 Å². The molecule has 0 N–H and O–H groups in total. The van der Waals surface area contributed by atoms with Gasteiger partial charge in [-0.25, -0.2) is 4.99 Å². The number of hydrogen-bond donors (Lipinski definition) is 0. The molecule has 0 atom stereocenters. The number of hydrogen-bond acceptors (Lipinski definition) is 5. The Kier molecular flexibility index (Phi) is 6.46. The minimum absolute atomic E-state index is 0.0423. The van der Waals surface area contributed by atoms with Crippen LogP contribution in [-0.4, -0.2) is 29.1 Å². The van der Waals surface area contributed by atoms with Crippen LogP contribution in [0.25, 0.3) is 0 Å². The van der Waals surface area contributed by atoms with Gasteiger partial charge < -0.3 is 4.90 Å². The van der Waals surface area contributed by atoms with Crippen LogP contribution < -0.4 is 4.90 Å². The first kappa shape index (κ1) is 21.3. The van der Waals surface area contributed by atoms with Crippen molar-refractivity contribution in [3.05, 3.63) is 63.0 Å². The molecule has 7 heteroatoms. The molecular formula is C23H24ClN3OS2. The van der Waals surface area contributed by atoms with Crippen molar-refractivity contribution in [1.82, 2.24) is 4.90 Å². The minimum atomic E-state index is 0.0423. The third kappa shape index (κ3) is 4.01. The Bertz CT molecular complexity index is 1050. The van der Waals surface area contributed by atoms with Crippen LogP contribution >= 0.6 is 35.1 Å². The molecule has 1 saturated heterocycles. The lowest BCUT2D eigenvalue weighted by Crippen LogP contribution is -2.30. The summed E-state index contributed by atoms with van der Waals surface area (Å²) in [6.45, 7) is 7.73. The monoisotopic (exact) mass is 457 g/mol. The van der Waals surface area contributed by atoms with Crippen LogP contribution in [0.4, 0.5) is 11.4 Å². The number of para-hydroxylation sites is 1. The molecule has 4 rings (SSSR count). The van der Waals surface area contributed by atoms with Gasteiger partial charge in [-0.05, 0) is 61.9 Å². The van der Waals surface area contributed by atoms with E-state index in [0.717, 1.165) is 56.3 Å². The van der Waals surface area contributed by atoms with Crippen LogP contribution in [0.3, 0.4) is 0 Å². The van der Waals surface area contributed by atoms with Gasteiger partial charge >= 0.3 is 0 Å². The number of carbonyl (C=O) groups is 1. The van der Waals surface area contributed by atoms with Crippen LogP contribution in [0.15, 0.2) is 62.3 Å². The van der Waals surface area contributed by atoms with Crippen molar-refractivity contribution in [1.29, 1.82) is 0 Å². The van der Waals surface area contributed by atoms with E-state index in [-0.39, 0.29) is 5.91 Å². The zero-order valence-electron chi connectivity index (χ0n) is 17.3. The van der Waals surface area contributed by atoms with Gasteiger partial charge in [0.2, 0.25) is 0 Å². The number of nitrogens with zero attached hydrogens (tertiary/aromatic N) is 3. The molecule has 4 nitrogen and oxygen atoms in total. The highest BCUT2D eigenvalue weighted by Crippen LogP contribution is 2.51. The fourth-order valence-corrected chi connectivity index (χ4v) is 6.02. The van der Waals surface area contributed by atoms with Crippen molar-refractivity contribution in [2.75, 3.05) is 18.0 Å². The van der Waals surface area contributed by atoms with Gasteiger partial charge in [0.15, 0.2) is 5.17 Å². The number of benzene rings is 2. The highest BCUT2D eigenvalue weighted by Gasteiger charge is 2.39. The highest BCUT2D eigenvalue weighted by atomic mass is 35.5. The Morgan fingerprint density at radius 3 is 2.60 bits per heavy atom. The van der Waals surface area contributed by atoms with E-state index in [0.29, 0.717) is 11.6 Å². The predicted octanol–water partition coefficient (Wildman–Crippen LogP) is 6.81. The number of unbranched alkanes of at least 4 members (excludes halogenated alkanes) is 1. The van der Waals surface area contributed by atoms with Crippen LogP contribution in [0.5, 0.6) is 0 Å². The molecule has 2 aliphatic heterocycles. The molecule has 0 aliphatic carbocycles. The number of thioether (sulfide) groups is 2. The molecule has 1 fully saturated rings. The van der Waals surface area contributed by atoms with Crippen LogP contribution in [0, 0.1) is 6.92 Å². The number of aryl methyl sites for hydroxylation is 1. The van der Waals surface area contributed by atoms with Crippen molar-refractivity contribution in [2.45, 2.75) is 38.5 Å². The standard InChI is InChI=1S/C23H24ClN3OS2/c1-4-6-13-27-21(28)20(30-23(27)25-17-10-8-7-9-15(17)3)22-26(5-2)18-14-16(24)11-12-19(18)29-22/h7-12,14H,4-6,13H2,1-3H3. The molecule has 156 valence electrons. The van der Waals surface area contributed by atoms with Crippen molar-refractivity contribution in [2.24, 2.45) is 4.99 Å². The lowest BCUT2D eigenvalue weighted by Gasteiger charge is -2.19. The maximum atomic E-state index is 13.5. The molecule has 0 bridgehead atoms. The molecule has 0 saturated carbocycles. The van der Waals surface area contributed by atoms with E-state index in [2.05, 4.69) is 18.7 Å². The largest absolute Gasteiger partial charge is 0.334 e. The summed E-state index contributed by atoms with van der Waals surface area (Å²) in [5.41, 5.74) is 3.07. The Morgan fingerprint density at radius 2 is 1.87 bits per heavy atom. The lowest BCUT2D eigenvalue weighted by atomic mass is 10.2. The fraction of sp³-hybridized carbons (Fsp3) is 0.304. The zero-order valence-corrected chi connectivity index (χ0v) is 19.7. The molecule has 30 heavy (non-hydrogen) atoms. The third-order valence-corrected chi connectivity index (χ3v) is 7.72. The van der Waals surface area contributed by atoms with E-state index in [4.69, 9.17) is 16.6 Å². The molecule has 2 aromatic rings. The zero-order chi connectivity index (χ0) is 21.3. The number of aliphatic imine (C=N–C) groups is 1. The normalized spacial score (nSPS) is 19.9. The summed E-state index contributed by atoms with van der Waals surface area (Å²) in [5, 5.41) is 2.44. The number of fused-ring (bicyclic) bond motifs is 1. The van der Waals surface area contributed by atoms with Gasteiger partial charge in [-0.1, -0.05) is 54.9 Å². The van der Waals surface area contributed by atoms with E-state index in [9.17, 15) is 4.79 Å². The first-order valence-electron chi connectivity index (χ1n) is 10.2. The number of rotatable bonds is 5. The number of anilines is 1. The average Bonchev–Trinajstić information content (AvgIpc) is 3.24. The van der Waals surface area contributed by atoms with Crippen LogP contribution in [0.2, 0.25) is 5.02 Å². The van der Waals surface area contributed by atoms with E-state index in [1.54, 1.807) is 11.8 Å². The lowest BCUT2D eigenvalue weighted by molar-refractivity contribution is -0.122. The summed E-state index contributed by atoms with van der Waals surface area (Å²) in [6, 6.07) is 13.9. The highest BCUT2D eigenvalue weighted by molar-refractivity contribution is 8.19. The fourth-order valence-electron chi connectivity index (χ4n) is 3.46. The van der Waals surface area contributed by atoms with Gasteiger partial charge in [-0.15, -0.1) is 0 Å². The van der Waals surface area contributed by atoms with Crippen molar-refractivity contribution in [3.8, 4) is 0 Å². The molecule has 2 heterocycles. The first-order chi connectivity index (χ1) is 14.5. The SMILES string of the molecule is CCCCN1C(=O)C(=C2Sc3ccc(Cl)cc3N2CC)SC1=Nc1ccccc1C. The van der Waals surface area contributed by atoms with E-state index in [1.807, 2.05) is 54.3 Å². The number of amides is 1. The predicted molar refractivity (Wildman–Crippen MR) is 130 cm³/mol. The summed E-state index contributed by atoms with van der Waals surface area (Å²) >= 11 is 9.36. The Morgan fingerprint density at radius 1 is 1.07 bits per heavy atom. The van der Waals surface area contributed by atoms with E-state index >= 15 is 0 Å². The minimum Gasteiger partial charge on any atom is -0.334 e. The molecule has 2 aromatic carbocycles. The summed E-state index contributed by atoms with van der Waals surface area (Å²) in [6.07, 6.45) is 1.97. The summed E-state index contributed by atoms with van der Waals surface area (Å²) in [4.78, 5) is 24.2. The van der Waals surface area contributed by atoms with Gasteiger partial charge in [0.1, 0.15) is 9.93 Å². The molecule has 1 amide bonds. The van der Waals surface area contributed by atoms with E-state index < -0.39 is 0 Å². The summed E-state index contributed by atoms with van der Waals surface area (Å²) in [5.74, 6) is 0.0423. The van der Waals surface area contributed by atoms with E-state index in [1.165, 1.54) is 11.8 Å². The summed E-state index contributed by atoms with van der Waals surface area (Å²) in [7, 11) is 0. The molecular weight excluding hydrogens is 434 g/mol. The van der Waals surface area contributed by atoms with Crippen molar-refractivity contribution in [3.63, 3.8) is 0 Å². The second-order valence-corrected chi connectivity index (χ2v) is 9.63. The van der Waals surface area contributed by atoms with Gasteiger partial charge in [0, 0.05) is 23.0 Å². The summed E-state index contributed by atoms with van der Waals surface area (Å²) < 4.78 is 0. The molecule has 0 unspecified atom stereocenters. The van der Waals surface area contributed by atoms with Crippen molar-refractivity contribution >= 4 is 57.6 Å². The second-order valence-electron chi connectivity index (χ2n) is 7.19. The third-order valence-electron chi connectivity index (χ3n) is 5.10. The maximum absolute atomic E-state index is 13.5. The smallest absolute Gasteiger partial charge is 0.269 e.